The number of aryl methyl sites for hydroxylation is 1. The number of benzene rings is 4. The van der Waals surface area contributed by atoms with Crippen molar-refractivity contribution in [3.63, 3.8) is 0 Å². The van der Waals surface area contributed by atoms with Gasteiger partial charge in [-0.25, -0.2) is 0 Å². The Morgan fingerprint density at radius 3 is 2.45 bits per heavy atom. The van der Waals surface area contributed by atoms with E-state index < -0.39 is 18.6 Å². The minimum atomic E-state index is -2.50. The molecule has 0 N–H and O–H groups in total. The predicted molar refractivity (Wildman–Crippen MR) is 140 cm³/mol. The zero-order valence-electron chi connectivity index (χ0n) is 23.9. The van der Waals surface area contributed by atoms with Crippen molar-refractivity contribution >= 4 is 43.5 Å². The number of furan rings is 1. The number of nitrogens with zero attached hydrogens (tertiary/aromatic N) is 1. The molecule has 0 atom stereocenters. The Kier molecular flexibility index (Phi) is 3.31. The monoisotopic (exact) mass is 434 g/mol. The fraction of sp³-hybridized carbons (Fsp3) is 0.194. The van der Waals surface area contributed by atoms with Gasteiger partial charge in [0.1, 0.15) is 11.2 Å². The second-order valence-electron chi connectivity index (χ2n) is 9.60. The average Bonchev–Trinajstić information content (AvgIpc) is 3.26. The fourth-order valence-corrected chi connectivity index (χ4v) is 4.66. The molecule has 0 aliphatic rings. The maximum atomic E-state index is 8.88. The third-order valence-electron chi connectivity index (χ3n) is 6.06. The van der Waals surface area contributed by atoms with Crippen LogP contribution in [0.2, 0.25) is 0 Å². The van der Waals surface area contributed by atoms with Gasteiger partial charge in [-0.3, -0.25) is 4.98 Å². The third kappa shape index (κ3) is 3.29. The minimum Gasteiger partial charge on any atom is -0.455 e. The lowest BCUT2D eigenvalue weighted by atomic mass is 9.86. The van der Waals surface area contributed by atoms with Gasteiger partial charge >= 0.3 is 0 Å². The Labute approximate surface area is 200 Å². The summed E-state index contributed by atoms with van der Waals surface area (Å²) in [5.41, 5.74) is 1.80. The van der Waals surface area contributed by atoms with Gasteiger partial charge in [0.05, 0.1) is 5.69 Å². The van der Waals surface area contributed by atoms with Gasteiger partial charge in [0.25, 0.3) is 0 Å². The highest BCUT2D eigenvalue weighted by Crippen LogP contribution is 2.40. The van der Waals surface area contributed by atoms with E-state index in [4.69, 9.17) is 11.3 Å². The second-order valence-corrected chi connectivity index (χ2v) is 9.60. The molecule has 6 rings (SSSR count). The molecule has 4 aromatic carbocycles. The lowest BCUT2D eigenvalue weighted by molar-refractivity contribution is 0.410. The van der Waals surface area contributed by atoms with Crippen molar-refractivity contribution in [3.8, 4) is 11.3 Å². The molecule has 2 nitrogen and oxygen atoms in total. The molecule has 2 heteroatoms. The van der Waals surface area contributed by atoms with Crippen LogP contribution in [0.4, 0.5) is 0 Å². The van der Waals surface area contributed by atoms with Crippen LogP contribution >= 0.6 is 0 Å². The van der Waals surface area contributed by atoms with Crippen molar-refractivity contribution in [3.05, 3.63) is 90.1 Å². The summed E-state index contributed by atoms with van der Waals surface area (Å²) in [7, 11) is 0. The fourth-order valence-electron chi connectivity index (χ4n) is 4.66. The van der Waals surface area contributed by atoms with Gasteiger partial charge in [0, 0.05) is 34.8 Å². The van der Waals surface area contributed by atoms with Crippen LogP contribution in [0.1, 0.15) is 38.8 Å². The quantitative estimate of drug-likeness (QED) is 0.254. The van der Waals surface area contributed by atoms with Gasteiger partial charge in [-0.2, -0.15) is 0 Å². The van der Waals surface area contributed by atoms with E-state index in [9.17, 15) is 0 Å². The van der Waals surface area contributed by atoms with Crippen LogP contribution in [-0.4, -0.2) is 4.98 Å². The lowest BCUT2D eigenvalue weighted by Crippen LogP contribution is -2.10. The van der Waals surface area contributed by atoms with Gasteiger partial charge in [-0.15, -0.1) is 0 Å². The van der Waals surface area contributed by atoms with Crippen LogP contribution in [0.5, 0.6) is 0 Å². The molecule has 33 heavy (non-hydrogen) atoms. The zero-order chi connectivity index (χ0) is 27.0. The van der Waals surface area contributed by atoms with Crippen molar-refractivity contribution in [2.75, 3.05) is 0 Å². The van der Waals surface area contributed by atoms with Crippen molar-refractivity contribution in [1.29, 1.82) is 0 Å². The standard InChI is InChI=1S/C31H27NO/c1-19-18-32-27(16-22(19)17-31(2,3)4)26-11-7-10-24-25-15-14-21-13-12-20-8-5-6-9-23(20)28(21)30(25)33-29(24)26/h5-16,18H,17H2,1-4H3/i1D3,17D2. The first-order valence-corrected chi connectivity index (χ1v) is 11.1. The minimum absolute atomic E-state index is 0.0737. The summed E-state index contributed by atoms with van der Waals surface area (Å²) in [5.74, 6) is 0. The van der Waals surface area contributed by atoms with Crippen molar-refractivity contribution in [1.82, 2.24) is 4.98 Å². The van der Waals surface area contributed by atoms with Crippen molar-refractivity contribution in [2.24, 2.45) is 5.41 Å². The molecule has 0 aliphatic heterocycles. The van der Waals surface area contributed by atoms with Crippen LogP contribution < -0.4 is 0 Å². The van der Waals surface area contributed by atoms with Crippen LogP contribution in [0.3, 0.4) is 0 Å². The Morgan fingerprint density at radius 1 is 0.848 bits per heavy atom. The van der Waals surface area contributed by atoms with E-state index in [1.165, 1.54) is 6.20 Å². The smallest absolute Gasteiger partial charge is 0.144 e. The molecule has 0 spiro atoms. The normalized spacial score (nSPS) is 15.4. The van der Waals surface area contributed by atoms with Crippen LogP contribution in [0.25, 0.3) is 54.7 Å². The maximum Gasteiger partial charge on any atom is 0.144 e. The summed E-state index contributed by atoms with van der Waals surface area (Å²) in [6, 6.07) is 24.0. The molecule has 2 aromatic heterocycles. The van der Waals surface area contributed by atoms with E-state index in [2.05, 4.69) is 41.4 Å². The van der Waals surface area contributed by atoms with Crippen LogP contribution in [0.15, 0.2) is 83.4 Å². The number of aromatic nitrogens is 1. The molecule has 2 heterocycles. The molecular weight excluding hydrogens is 402 g/mol. The highest BCUT2D eigenvalue weighted by atomic mass is 16.3. The van der Waals surface area contributed by atoms with Gasteiger partial charge in [-0.1, -0.05) is 75.4 Å². The molecule has 0 unspecified atom stereocenters. The van der Waals surface area contributed by atoms with E-state index in [1.807, 2.05) is 30.3 Å². The first-order valence-electron chi connectivity index (χ1n) is 13.6. The third-order valence-corrected chi connectivity index (χ3v) is 6.06. The molecule has 0 radical (unpaired) electrons. The SMILES string of the molecule is [2H]C([2H])([2H])c1cnc(-c2cccc3c2oc2c3ccc3ccc4ccccc4c32)cc1C([2H])([2H])C(C)(C)C. The van der Waals surface area contributed by atoms with Crippen molar-refractivity contribution < 1.29 is 11.3 Å². The molecule has 6 aromatic rings. The number of hydrogen-bond donors (Lipinski definition) is 0. The maximum absolute atomic E-state index is 8.88. The zero-order valence-corrected chi connectivity index (χ0v) is 18.9. The van der Waals surface area contributed by atoms with E-state index >= 15 is 0 Å². The molecule has 0 saturated carbocycles. The molecule has 162 valence electrons. The molecule has 0 fully saturated rings. The van der Waals surface area contributed by atoms with E-state index in [1.54, 1.807) is 26.8 Å². The van der Waals surface area contributed by atoms with E-state index in [0.29, 0.717) is 16.8 Å². The van der Waals surface area contributed by atoms with Gasteiger partial charge < -0.3 is 4.42 Å². The van der Waals surface area contributed by atoms with Crippen molar-refractivity contribution in [2.45, 2.75) is 34.0 Å². The van der Waals surface area contributed by atoms with Gasteiger partial charge in [-0.05, 0) is 64.1 Å². The largest absolute Gasteiger partial charge is 0.455 e. The Morgan fingerprint density at radius 2 is 1.61 bits per heavy atom. The highest BCUT2D eigenvalue weighted by Gasteiger charge is 2.18. The topological polar surface area (TPSA) is 26.0 Å². The molecular formula is C31H27NO. The predicted octanol–water partition coefficient (Wildman–Crippen LogP) is 8.85. The number of pyridine rings is 1. The Bertz CT molecular complexity index is 1880. The summed E-state index contributed by atoms with van der Waals surface area (Å²) in [6.45, 7) is 2.81. The summed E-state index contributed by atoms with van der Waals surface area (Å²) in [4.78, 5) is 4.52. The second kappa shape index (κ2) is 7.18. The van der Waals surface area contributed by atoms with E-state index in [-0.39, 0.29) is 11.1 Å². The summed E-state index contributed by atoms with van der Waals surface area (Å²) >= 11 is 0. The summed E-state index contributed by atoms with van der Waals surface area (Å²) in [5, 5.41) is 6.27. The highest BCUT2D eigenvalue weighted by molar-refractivity contribution is 6.23. The Balaban J connectivity index is 1.66. The van der Waals surface area contributed by atoms with Gasteiger partial charge in [0.15, 0.2) is 0 Å². The molecule has 0 bridgehead atoms. The van der Waals surface area contributed by atoms with Crippen LogP contribution in [-0.2, 0) is 6.37 Å². The number of fused-ring (bicyclic) bond motifs is 7. The van der Waals surface area contributed by atoms with Gasteiger partial charge in [0.2, 0.25) is 0 Å². The first-order chi connectivity index (χ1) is 17.9. The Hall–Kier alpha value is -3.65. The first kappa shape index (κ1) is 15.2. The number of rotatable bonds is 2. The van der Waals surface area contributed by atoms with E-state index in [0.717, 1.165) is 37.9 Å². The average molecular weight is 435 g/mol. The van der Waals surface area contributed by atoms with Crippen LogP contribution in [0, 0.1) is 12.3 Å². The molecule has 0 aliphatic carbocycles. The number of hydrogen-bond acceptors (Lipinski definition) is 2. The molecule has 0 saturated heterocycles. The molecule has 0 amide bonds. The summed E-state index contributed by atoms with van der Waals surface area (Å²) in [6.07, 6.45) is -0.614. The summed E-state index contributed by atoms with van der Waals surface area (Å²) < 4.78 is 48.5. The number of para-hydroxylation sites is 1. The lowest BCUT2D eigenvalue weighted by Gasteiger charge is -2.20.